The molecule has 154 valence electrons. The summed E-state index contributed by atoms with van der Waals surface area (Å²) in [6.45, 7) is 4.44. The van der Waals surface area contributed by atoms with Gasteiger partial charge in [-0.25, -0.2) is 0 Å². The maximum atomic E-state index is 12.7. The van der Waals surface area contributed by atoms with E-state index in [1.54, 1.807) is 0 Å². The van der Waals surface area contributed by atoms with E-state index in [-0.39, 0.29) is 11.5 Å². The molecule has 1 amide bonds. The highest BCUT2D eigenvalue weighted by molar-refractivity contribution is 8.18. The molecule has 1 spiro atoms. The number of thioether (sulfide) groups is 1. The van der Waals surface area contributed by atoms with Crippen molar-refractivity contribution in [1.29, 1.82) is 0 Å². The number of likely N-dealkylation sites (tertiary alicyclic amines) is 1. The molecule has 3 aliphatic heterocycles. The number of fused-ring (bicyclic) bond motifs is 2. The van der Waals surface area contributed by atoms with Crippen LogP contribution in [0.3, 0.4) is 0 Å². The number of nitrogens with zero attached hydrogens (tertiary/aromatic N) is 2. The van der Waals surface area contributed by atoms with Crippen molar-refractivity contribution in [1.82, 2.24) is 4.90 Å². The molecule has 3 aliphatic rings. The molecule has 2 aromatic carbocycles. The Morgan fingerprint density at radius 3 is 2.63 bits per heavy atom. The second-order valence-electron chi connectivity index (χ2n) is 7.90. The maximum Gasteiger partial charge on any atom is 0.286 e. The lowest BCUT2D eigenvalue weighted by Gasteiger charge is -2.39. The van der Waals surface area contributed by atoms with E-state index in [9.17, 15) is 4.79 Å². The maximum absolute atomic E-state index is 12.7. The summed E-state index contributed by atoms with van der Waals surface area (Å²) in [5.74, 6) is -0.135. The van der Waals surface area contributed by atoms with E-state index in [1.807, 2.05) is 24.3 Å². The number of amides is 1. The van der Waals surface area contributed by atoms with Crippen molar-refractivity contribution >= 4 is 40.0 Å². The van der Waals surface area contributed by atoms with Crippen LogP contribution in [0, 0.1) is 0 Å². The molecule has 30 heavy (non-hydrogen) atoms. The summed E-state index contributed by atoms with van der Waals surface area (Å²) in [4.78, 5) is 20.1. The molecular weight excluding hydrogens is 416 g/mol. The van der Waals surface area contributed by atoms with Crippen molar-refractivity contribution in [2.45, 2.75) is 38.4 Å². The van der Waals surface area contributed by atoms with Crippen LogP contribution < -0.4 is 0 Å². The topological polar surface area (TPSA) is 41.9 Å². The highest BCUT2D eigenvalue weighted by Crippen LogP contribution is 2.45. The van der Waals surface area contributed by atoms with E-state index >= 15 is 0 Å². The van der Waals surface area contributed by atoms with Crippen LogP contribution >= 0.6 is 23.4 Å². The Bertz CT molecular complexity index is 1050. The zero-order valence-corrected chi connectivity index (χ0v) is 18.4. The molecule has 0 aromatic heterocycles. The average Bonchev–Trinajstić information content (AvgIpc) is 3.32. The lowest BCUT2D eigenvalue weighted by atomic mass is 9.84. The van der Waals surface area contributed by atoms with Gasteiger partial charge in [0.1, 0.15) is 0 Å². The molecule has 0 atom stereocenters. The van der Waals surface area contributed by atoms with Gasteiger partial charge in [0.05, 0.1) is 17.1 Å². The van der Waals surface area contributed by atoms with E-state index in [0.717, 1.165) is 53.6 Å². The minimum absolute atomic E-state index is 0.135. The van der Waals surface area contributed by atoms with E-state index in [4.69, 9.17) is 16.3 Å². The van der Waals surface area contributed by atoms with Crippen LogP contribution in [-0.4, -0.2) is 29.1 Å². The first-order valence-corrected chi connectivity index (χ1v) is 11.6. The number of hydrogen-bond acceptors (Lipinski definition) is 4. The largest absolute Gasteiger partial charge is 0.365 e. The summed E-state index contributed by atoms with van der Waals surface area (Å²) in [5.41, 5.74) is 4.51. The van der Waals surface area contributed by atoms with Gasteiger partial charge in [0.15, 0.2) is 5.17 Å². The monoisotopic (exact) mass is 438 g/mol. The van der Waals surface area contributed by atoms with Crippen molar-refractivity contribution in [2.75, 3.05) is 13.1 Å². The van der Waals surface area contributed by atoms with Crippen LogP contribution in [-0.2, 0) is 21.7 Å². The number of aliphatic imine (C=N–C) groups is 1. The molecule has 0 N–H and O–H groups in total. The first-order valence-electron chi connectivity index (χ1n) is 10.4. The van der Waals surface area contributed by atoms with Crippen molar-refractivity contribution < 1.29 is 9.53 Å². The number of benzene rings is 2. The lowest BCUT2D eigenvalue weighted by molar-refractivity contribution is -0.113. The third kappa shape index (κ3) is 3.39. The SMILES string of the molecule is CC/C(=C1\SC(N2CCC3(CC2)OCc2ccccc23)=NC1=O)c1ccc(Cl)cc1. The van der Waals surface area contributed by atoms with Crippen LogP contribution in [0.4, 0.5) is 0 Å². The standard InChI is InChI=1S/C24H23ClN2O2S/c1-2-19(16-7-9-18(25)10-8-16)21-22(28)26-23(30-21)27-13-11-24(12-14-27)20-6-4-3-5-17(20)15-29-24/h3-10H,2,11-15H2,1H3/b21-19+. The zero-order valence-electron chi connectivity index (χ0n) is 16.9. The number of piperidine rings is 1. The fraction of sp³-hybridized carbons (Fsp3) is 0.333. The number of allylic oxidation sites excluding steroid dienone is 1. The molecule has 3 heterocycles. The second-order valence-corrected chi connectivity index (χ2v) is 9.31. The first kappa shape index (κ1) is 19.9. The van der Waals surface area contributed by atoms with E-state index in [0.29, 0.717) is 11.6 Å². The van der Waals surface area contributed by atoms with Crippen molar-refractivity contribution in [3.63, 3.8) is 0 Å². The van der Waals surface area contributed by atoms with Crippen molar-refractivity contribution in [3.8, 4) is 0 Å². The Morgan fingerprint density at radius 1 is 1.17 bits per heavy atom. The summed E-state index contributed by atoms with van der Waals surface area (Å²) in [7, 11) is 0. The van der Waals surface area contributed by atoms with Gasteiger partial charge in [0.25, 0.3) is 5.91 Å². The number of hydrogen-bond donors (Lipinski definition) is 0. The average molecular weight is 439 g/mol. The van der Waals surface area contributed by atoms with Gasteiger partial charge in [-0.15, -0.1) is 0 Å². The van der Waals surface area contributed by atoms with Gasteiger partial charge < -0.3 is 9.64 Å². The first-order chi connectivity index (χ1) is 14.6. The third-order valence-electron chi connectivity index (χ3n) is 6.26. The van der Waals surface area contributed by atoms with E-state index in [1.165, 1.54) is 22.9 Å². The Kier molecular flexibility index (Phi) is 5.21. The molecule has 0 unspecified atom stereocenters. The number of halogens is 1. The number of rotatable bonds is 2. The van der Waals surface area contributed by atoms with Gasteiger partial charge in [-0.2, -0.15) is 4.99 Å². The molecule has 4 nitrogen and oxygen atoms in total. The molecule has 1 fully saturated rings. The summed E-state index contributed by atoms with van der Waals surface area (Å²) in [6.07, 6.45) is 2.59. The summed E-state index contributed by atoms with van der Waals surface area (Å²) < 4.78 is 6.27. The van der Waals surface area contributed by atoms with Crippen molar-refractivity contribution in [2.24, 2.45) is 4.99 Å². The van der Waals surface area contributed by atoms with E-state index in [2.05, 4.69) is 41.1 Å². The van der Waals surface area contributed by atoms with E-state index < -0.39 is 0 Å². The van der Waals surface area contributed by atoms with Gasteiger partial charge in [0.2, 0.25) is 0 Å². The molecule has 5 rings (SSSR count). The number of ether oxygens (including phenoxy) is 1. The zero-order chi connectivity index (χ0) is 20.7. The fourth-order valence-corrected chi connectivity index (χ4v) is 5.89. The Hall–Kier alpha value is -2.08. The minimum atomic E-state index is -0.183. The molecular formula is C24H23ClN2O2S. The molecule has 6 heteroatoms. The van der Waals surface area contributed by atoms with Gasteiger partial charge in [-0.05, 0) is 65.4 Å². The van der Waals surface area contributed by atoms with Gasteiger partial charge in [-0.1, -0.05) is 54.9 Å². The third-order valence-corrected chi connectivity index (χ3v) is 7.67. The van der Waals surface area contributed by atoms with Crippen LogP contribution in [0.15, 0.2) is 58.4 Å². The smallest absolute Gasteiger partial charge is 0.286 e. The highest BCUT2D eigenvalue weighted by Gasteiger charge is 2.43. The predicted molar refractivity (Wildman–Crippen MR) is 122 cm³/mol. The minimum Gasteiger partial charge on any atom is -0.365 e. The fourth-order valence-electron chi connectivity index (χ4n) is 4.63. The van der Waals surface area contributed by atoms with Crippen LogP contribution in [0.2, 0.25) is 5.02 Å². The number of amidine groups is 1. The van der Waals surface area contributed by atoms with Crippen molar-refractivity contribution in [3.05, 3.63) is 75.1 Å². The molecule has 1 saturated heterocycles. The molecule has 0 saturated carbocycles. The summed E-state index contributed by atoms with van der Waals surface area (Å²) >= 11 is 7.53. The lowest BCUT2D eigenvalue weighted by Crippen LogP contribution is -2.44. The number of carbonyl (C=O) groups excluding carboxylic acids is 1. The molecule has 0 radical (unpaired) electrons. The predicted octanol–water partition coefficient (Wildman–Crippen LogP) is 5.61. The molecule has 0 bridgehead atoms. The Morgan fingerprint density at radius 2 is 1.90 bits per heavy atom. The molecule has 2 aromatic rings. The number of carbonyl (C=O) groups is 1. The Labute approximate surface area is 186 Å². The second kappa shape index (κ2) is 7.88. The molecule has 0 aliphatic carbocycles. The van der Waals surface area contributed by atoms with Gasteiger partial charge in [-0.3, -0.25) is 4.79 Å². The summed E-state index contributed by atoms with van der Waals surface area (Å²) in [5, 5.41) is 1.51. The van der Waals surface area contributed by atoms with Gasteiger partial charge >= 0.3 is 0 Å². The van der Waals surface area contributed by atoms with Gasteiger partial charge in [0, 0.05) is 18.1 Å². The van der Waals surface area contributed by atoms with Crippen LogP contribution in [0.1, 0.15) is 42.9 Å². The van der Waals surface area contributed by atoms with Crippen LogP contribution in [0.5, 0.6) is 0 Å². The normalized spacial score (nSPS) is 21.7. The Balaban J connectivity index is 1.33. The highest BCUT2D eigenvalue weighted by atomic mass is 35.5. The summed E-state index contributed by atoms with van der Waals surface area (Å²) in [6, 6.07) is 16.2. The van der Waals surface area contributed by atoms with Crippen LogP contribution in [0.25, 0.3) is 5.57 Å². The quantitative estimate of drug-likeness (QED) is 0.571.